The average molecular weight is 365 g/mol. The van der Waals surface area contributed by atoms with E-state index in [4.69, 9.17) is 14.2 Å². The summed E-state index contributed by atoms with van der Waals surface area (Å²) in [5.41, 5.74) is 2.62. The van der Waals surface area contributed by atoms with Gasteiger partial charge in [-0.3, -0.25) is 4.79 Å². The molecule has 0 saturated heterocycles. The summed E-state index contributed by atoms with van der Waals surface area (Å²) in [7, 11) is 0. The number of fused-ring (bicyclic) bond motifs is 2. The topological polar surface area (TPSA) is 48.0 Å². The van der Waals surface area contributed by atoms with E-state index in [9.17, 15) is 4.79 Å². The summed E-state index contributed by atoms with van der Waals surface area (Å²) >= 11 is 0. The number of nitrogens with zero attached hydrogens (tertiary/aromatic N) is 1. The van der Waals surface area contributed by atoms with Crippen molar-refractivity contribution in [1.29, 1.82) is 0 Å². The molecule has 0 atom stereocenters. The summed E-state index contributed by atoms with van der Waals surface area (Å²) in [6, 6.07) is 13.7. The number of rotatable bonds is 4. The number of benzene rings is 2. The zero-order valence-electron chi connectivity index (χ0n) is 15.6. The predicted octanol–water partition coefficient (Wildman–Crippen LogP) is 3.67. The third kappa shape index (κ3) is 3.63. The van der Waals surface area contributed by atoms with Crippen LogP contribution in [0.25, 0.3) is 6.08 Å². The van der Waals surface area contributed by atoms with Crippen molar-refractivity contribution < 1.29 is 19.0 Å². The molecule has 2 aromatic rings. The van der Waals surface area contributed by atoms with Crippen LogP contribution in [0.1, 0.15) is 25.0 Å². The van der Waals surface area contributed by atoms with Crippen molar-refractivity contribution in [3.05, 3.63) is 59.2 Å². The first-order valence-electron chi connectivity index (χ1n) is 9.24. The van der Waals surface area contributed by atoms with Crippen molar-refractivity contribution in [2.75, 3.05) is 19.8 Å². The van der Waals surface area contributed by atoms with Crippen LogP contribution >= 0.6 is 0 Å². The van der Waals surface area contributed by atoms with Gasteiger partial charge in [0.2, 0.25) is 0 Å². The molecule has 2 heterocycles. The first kappa shape index (κ1) is 17.5. The summed E-state index contributed by atoms with van der Waals surface area (Å²) in [5, 5.41) is 0. The molecule has 2 aliphatic rings. The first-order chi connectivity index (χ1) is 13.1. The van der Waals surface area contributed by atoms with E-state index in [1.807, 2.05) is 67.3 Å². The van der Waals surface area contributed by atoms with Crippen molar-refractivity contribution >= 4 is 12.0 Å². The van der Waals surface area contributed by atoms with E-state index >= 15 is 0 Å². The van der Waals surface area contributed by atoms with Gasteiger partial charge < -0.3 is 19.1 Å². The highest BCUT2D eigenvalue weighted by atomic mass is 16.6. The molecule has 0 bridgehead atoms. The van der Waals surface area contributed by atoms with Crippen LogP contribution in [0, 0.1) is 0 Å². The Kier molecular flexibility index (Phi) is 4.75. The van der Waals surface area contributed by atoms with Crippen LogP contribution < -0.4 is 14.2 Å². The van der Waals surface area contributed by atoms with E-state index in [-0.39, 0.29) is 11.9 Å². The van der Waals surface area contributed by atoms with Crippen molar-refractivity contribution in [2.24, 2.45) is 0 Å². The molecule has 0 unspecified atom stereocenters. The maximum Gasteiger partial charge on any atom is 0.253 e. The monoisotopic (exact) mass is 365 g/mol. The largest absolute Gasteiger partial charge is 0.488 e. The highest BCUT2D eigenvalue weighted by molar-refractivity contribution is 5.99. The molecule has 0 spiro atoms. The fraction of sp³-hybridized carbons (Fsp3) is 0.318. The van der Waals surface area contributed by atoms with E-state index in [1.54, 1.807) is 0 Å². The van der Waals surface area contributed by atoms with Crippen molar-refractivity contribution in [2.45, 2.75) is 26.4 Å². The molecule has 0 aliphatic carbocycles. The van der Waals surface area contributed by atoms with E-state index < -0.39 is 0 Å². The molecule has 2 aromatic carbocycles. The molecular weight excluding hydrogens is 342 g/mol. The average Bonchev–Trinajstić information content (AvgIpc) is 2.70. The van der Waals surface area contributed by atoms with Crippen LogP contribution in [0.5, 0.6) is 17.2 Å². The summed E-state index contributed by atoms with van der Waals surface area (Å²) in [6.45, 7) is 5.96. The molecule has 0 fully saturated rings. The Morgan fingerprint density at radius 1 is 1.00 bits per heavy atom. The number of hydrogen-bond acceptors (Lipinski definition) is 4. The first-order valence-corrected chi connectivity index (χ1v) is 9.24. The number of ether oxygens (including phenoxy) is 3. The Hall–Kier alpha value is -2.95. The van der Waals surface area contributed by atoms with Gasteiger partial charge >= 0.3 is 0 Å². The van der Waals surface area contributed by atoms with E-state index in [2.05, 4.69) is 0 Å². The van der Waals surface area contributed by atoms with Gasteiger partial charge in [0, 0.05) is 18.2 Å². The Morgan fingerprint density at radius 3 is 2.59 bits per heavy atom. The molecule has 140 valence electrons. The smallest absolute Gasteiger partial charge is 0.253 e. The van der Waals surface area contributed by atoms with Gasteiger partial charge in [0.15, 0.2) is 11.5 Å². The minimum Gasteiger partial charge on any atom is -0.488 e. The second kappa shape index (κ2) is 7.35. The van der Waals surface area contributed by atoms with Gasteiger partial charge in [-0.2, -0.15) is 0 Å². The molecule has 27 heavy (non-hydrogen) atoms. The molecule has 5 nitrogen and oxygen atoms in total. The van der Waals surface area contributed by atoms with Crippen LogP contribution in [0.3, 0.4) is 0 Å². The lowest BCUT2D eigenvalue weighted by molar-refractivity contribution is -0.129. The number of carbonyl (C=O) groups is 1. The van der Waals surface area contributed by atoms with Gasteiger partial charge in [-0.1, -0.05) is 24.3 Å². The molecule has 0 aromatic heterocycles. The summed E-state index contributed by atoms with van der Waals surface area (Å²) in [5.74, 6) is 2.31. The second-order valence-corrected chi connectivity index (χ2v) is 7.00. The van der Waals surface area contributed by atoms with Crippen LogP contribution in [0.4, 0.5) is 0 Å². The molecule has 1 amide bonds. The van der Waals surface area contributed by atoms with E-state index in [0.717, 1.165) is 28.4 Å². The molecule has 0 saturated carbocycles. The minimum atomic E-state index is -0.00519. The van der Waals surface area contributed by atoms with E-state index in [1.165, 1.54) is 0 Å². The third-order valence-corrected chi connectivity index (χ3v) is 4.75. The van der Waals surface area contributed by atoms with E-state index in [0.29, 0.717) is 31.9 Å². The van der Waals surface area contributed by atoms with Crippen LogP contribution in [-0.2, 0) is 11.3 Å². The Labute approximate surface area is 159 Å². The van der Waals surface area contributed by atoms with Crippen molar-refractivity contribution in [3.8, 4) is 17.2 Å². The quantitative estimate of drug-likeness (QED) is 0.829. The molecule has 0 N–H and O–H groups in total. The second-order valence-electron chi connectivity index (χ2n) is 7.00. The highest BCUT2D eigenvalue weighted by Gasteiger charge is 2.25. The van der Waals surface area contributed by atoms with Crippen LogP contribution in [0.15, 0.2) is 48.0 Å². The Balaban J connectivity index is 1.56. The fourth-order valence-electron chi connectivity index (χ4n) is 3.30. The summed E-state index contributed by atoms with van der Waals surface area (Å²) in [6.07, 6.45) is 1.93. The van der Waals surface area contributed by atoms with Gasteiger partial charge in [-0.25, -0.2) is 0 Å². The lowest BCUT2D eigenvalue weighted by Gasteiger charge is -2.29. The number of para-hydroxylation sites is 1. The maximum atomic E-state index is 13.2. The zero-order chi connectivity index (χ0) is 18.8. The lowest BCUT2D eigenvalue weighted by atomic mass is 10.1. The fourth-order valence-corrected chi connectivity index (χ4v) is 3.30. The Bertz CT molecular complexity index is 888. The number of carbonyl (C=O) groups excluding carboxylic acids is 1. The molecule has 2 aliphatic heterocycles. The van der Waals surface area contributed by atoms with Gasteiger partial charge in [0.1, 0.15) is 25.6 Å². The SMILES string of the molecule is CC(C)N(Cc1ccc2c(c1)OCCO2)C(=O)C1=Cc2ccccc2OC1. The minimum absolute atomic E-state index is 0.00519. The van der Waals surface area contributed by atoms with Gasteiger partial charge in [0.25, 0.3) is 5.91 Å². The van der Waals surface area contributed by atoms with Gasteiger partial charge in [-0.15, -0.1) is 0 Å². The normalized spacial score (nSPS) is 14.9. The maximum absolute atomic E-state index is 13.2. The summed E-state index contributed by atoms with van der Waals surface area (Å²) in [4.78, 5) is 15.0. The number of amides is 1. The van der Waals surface area contributed by atoms with Gasteiger partial charge in [0.05, 0.1) is 5.57 Å². The third-order valence-electron chi connectivity index (χ3n) is 4.75. The lowest BCUT2D eigenvalue weighted by Crippen LogP contribution is -2.38. The van der Waals surface area contributed by atoms with Crippen LogP contribution in [0.2, 0.25) is 0 Å². The predicted molar refractivity (Wildman–Crippen MR) is 103 cm³/mol. The standard InChI is InChI=1S/C22H23NO4/c1-15(2)23(13-16-7-8-20-21(11-16)26-10-9-25-20)22(24)18-12-17-5-3-4-6-19(17)27-14-18/h3-8,11-12,15H,9-10,13-14H2,1-2H3. The van der Waals surface area contributed by atoms with Crippen LogP contribution in [-0.4, -0.2) is 36.7 Å². The number of hydrogen-bond donors (Lipinski definition) is 0. The molecule has 0 radical (unpaired) electrons. The van der Waals surface area contributed by atoms with Crippen molar-refractivity contribution in [3.63, 3.8) is 0 Å². The zero-order valence-corrected chi connectivity index (χ0v) is 15.6. The molecule has 5 heteroatoms. The highest BCUT2D eigenvalue weighted by Crippen LogP contribution is 2.32. The molecule has 4 rings (SSSR count). The van der Waals surface area contributed by atoms with Crippen molar-refractivity contribution in [1.82, 2.24) is 4.90 Å². The summed E-state index contributed by atoms with van der Waals surface area (Å²) < 4.78 is 17.0. The van der Waals surface area contributed by atoms with Gasteiger partial charge in [-0.05, 0) is 43.7 Å². The Morgan fingerprint density at radius 2 is 1.78 bits per heavy atom. The molecular formula is C22H23NO4.